The third kappa shape index (κ3) is 5.30. The van der Waals surface area contributed by atoms with Crippen LogP contribution in [0.25, 0.3) is 11.8 Å². The molecular formula is C32H32ClN3O5S. The van der Waals surface area contributed by atoms with Crippen molar-refractivity contribution in [1.82, 2.24) is 9.13 Å². The number of esters is 1. The van der Waals surface area contributed by atoms with Crippen molar-refractivity contribution in [3.63, 3.8) is 0 Å². The Hall–Kier alpha value is -4.08. The Kier molecular flexibility index (Phi) is 8.43. The highest BCUT2D eigenvalue weighted by Crippen LogP contribution is 2.36. The highest BCUT2D eigenvalue weighted by molar-refractivity contribution is 7.07. The summed E-state index contributed by atoms with van der Waals surface area (Å²) in [6.07, 6.45) is 1.89. The summed E-state index contributed by atoms with van der Waals surface area (Å²) in [6, 6.07) is 14.3. The summed E-state index contributed by atoms with van der Waals surface area (Å²) in [5.74, 6) is 0.563. The average molecular weight is 606 g/mol. The molecule has 0 aliphatic carbocycles. The molecule has 3 heterocycles. The second kappa shape index (κ2) is 12.0. The fourth-order valence-corrected chi connectivity index (χ4v) is 6.46. The van der Waals surface area contributed by atoms with E-state index in [9.17, 15) is 9.59 Å². The molecule has 10 heteroatoms. The van der Waals surface area contributed by atoms with Gasteiger partial charge in [0.1, 0.15) is 0 Å². The third-order valence-corrected chi connectivity index (χ3v) is 8.40. The lowest BCUT2D eigenvalue weighted by atomic mass is 9.95. The number of carbonyl (C=O) groups excluding carboxylic acids is 1. The number of fused-ring (bicyclic) bond motifs is 1. The van der Waals surface area contributed by atoms with Crippen molar-refractivity contribution in [2.24, 2.45) is 4.99 Å². The van der Waals surface area contributed by atoms with E-state index in [4.69, 9.17) is 25.8 Å². The molecule has 8 nitrogen and oxygen atoms in total. The first-order valence-electron chi connectivity index (χ1n) is 13.6. The maximum Gasteiger partial charge on any atom is 0.338 e. The van der Waals surface area contributed by atoms with E-state index in [0.717, 1.165) is 22.6 Å². The van der Waals surface area contributed by atoms with Gasteiger partial charge in [-0.2, -0.15) is 0 Å². The number of ether oxygens (including phenoxy) is 3. The number of carbonyl (C=O) groups is 1. The summed E-state index contributed by atoms with van der Waals surface area (Å²) >= 11 is 7.39. The van der Waals surface area contributed by atoms with Gasteiger partial charge in [0.05, 0.1) is 42.2 Å². The topological polar surface area (TPSA) is 84.1 Å². The molecule has 0 saturated heterocycles. The van der Waals surface area contributed by atoms with Gasteiger partial charge < -0.3 is 18.8 Å². The van der Waals surface area contributed by atoms with Crippen LogP contribution in [-0.4, -0.2) is 35.4 Å². The molecule has 0 unspecified atom stereocenters. The molecule has 1 aliphatic rings. The van der Waals surface area contributed by atoms with Gasteiger partial charge in [0, 0.05) is 22.1 Å². The number of methoxy groups -OCH3 is 1. The van der Waals surface area contributed by atoms with Crippen molar-refractivity contribution in [3.05, 3.63) is 107 Å². The number of hydrogen-bond donors (Lipinski definition) is 0. The van der Waals surface area contributed by atoms with Crippen molar-refractivity contribution in [1.29, 1.82) is 0 Å². The van der Waals surface area contributed by atoms with Crippen LogP contribution in [0.2, 0.25) is 5.02 Å². The minimum absolute atomic E-state index is 0.197. The standard InChI is InChI=1S/C32H32ClN3O5S/c1-7-40-26-16-21(9-14-25(26)39-6)29-28(31(38)41-8-2)19(4)34-32-36(29)30(37)27(42-32)17-22-15-18(3)35(20(22)5)24-12-10-23(33)11-13-24/h9-17,29H,7-8H2,1-6H3/b27-17-/t29-/m0/s1. The van der Waals surface area contributed by atoms with Crippen LogP contribution in [0.5, 0.6) is 11.5 Å². The van der Waals surface area contributed by atoms with Crippen LogP contribution in [-0.2, 0) is 9.53 Å². The molecule has 2 aromatic carbocycles. The Morgan fingerprint density at radius 3 is 2.45 bits per heavy atom. The number of hydrogen-bond acceptors (Lipinski definition) is 7. The largest absolute Gasteiger partial charge is 0.493 e. The smallest absolute Gasteiger partial charge is 0.338 e. The van der Waals surface area contributed by atoms with Crippen LogP contribution in [0.15, 0.2) is 69.6 Å². The molecule has 0 spiro atoms. The number of rotatable bonds is 8. The van der Waals surface area contributed by atoms with Crippen LogP contribution in [0, 0.1) is 13.8 Å². The number of halogens is 1. The van der Waals surface area contributed by atoms with Gasteiger partial charge in [-0.1, -0.05) is 29.0 Å². The Morgan fingerprint density at radius 2 is 1.79 bits per heavy atom. The van der Waals surface area contributed by atoms with Gasteiger partial charge in [0.25, 0.3) is 5.56 Å². The van der Waals surface area contributed by atoms with E-state index in [1.807, 2.05) is 69.3 Å². The third-order valence-electron chi connectivity index (χ3n) is 7.16. The molecule has 42 heavy (non-hydrogen) atoms. The number of aromatic nitrogens is 2. The van der Waals surface area contributed by atoms with E-state index in [2.05, 4.69) is 9.56 Å². The Bertz CT molecular complexity index is 1880. The fourth-order valence-electron chi connectivity index (χ4n) is 5.30. The summed E-state index contributed by atoms with van der Waals surface area (Å²) in [5.41, 5.74) is 5.15. The zero-order valence-electron chi connectivity index (χ0n) is 24.4. The molecule has 5 rings (SSSR count). The van der Waals surface area contributed by atoms with Crippen LogP contribution < -0.4 is 24.4 Å². The van der Waals surface area contributed by atoms with Crippen molar-refractivity contribution in [2.45, 2.75) is 40.7 Å². The number of aryl methyl sites for hydroxylation is 1. The maximum atomic E-state index is 14.1. The SMILES string of the molecule is CCOC(=O)C1=C(C)N=c2s/c(=C\c3cc(C)n(-c4ccc(Cl)cc4)c3C)c(=O)n2[C@H]1c1ccc(OC)c(OCC)c1. The quantitative estimate of drug-likeness (QED) is 0.256. The Morgan fingerprint density at radius 1 is 1.05 bits per heavy atom. The van der Waals surface area contributed by atoms with E-state index in [1.165, 1.54) is 11.3 Å². The molecule has 0 amide bonds. The summed E-state index contributed by atoms with van der Waals surface area (Å²) in [4.78, 5) is 32.6. The number of thiazole rings is 1. The molecule has 2 aromatic heterocycles. The van der Waals surface area contributed by atoms with Gasteiger partial charge in [0.2, 0.25) is 0 Å². The van der Waals surface area contributed by atoms with E-state index in [1.54, 1.807) is 31.6 Å². The van der Waals surface area contributed by atoms with E-state index >= 15 is 0 Å². The van der Waals surface area contributed by atoms with E-state index in [0.29, 0.717) is 49.3 Å². The van der Waals surface area contributed by atoms with Crippen molar-refractivity contribution in [2.75, 3.05) is 20.3 Å². The highest BCUT2D eigenvalue weighted by atomic mass is 35.5. The highest BCUT2D eigenvalue weighted by Gasteiger charge is 2.34. The van der Waals surface area contributed by atoms with Gasteiger partial charge in [-0.3, -0.25) is 9.36 Å². The predicted octanol–water partition coefficient (Wildman–Crippen LogP) is 5.27. The number of benzene rings is 2. The molecule has 0 N–H and O–H groups in total. The van der Waals surface area contributed by atoms with Crippen LogP contribution in [0.4, 0.5) is 0 Å². The first-order valence-corrected chi connectivity index (χ1v) is 14.8. The zero-order chi connectivity index (χ0) is 30.1. The van der Waals surface area contributed by atoms with Gasteiger partial charge in [0.15, 0.2) is 16.3 Å². The summed E-state index contributed by atoms with van der Waals surface area (Å²) in [6.45, 7) is 10.1. The van der Waals surface area contributed by atoms with Gasteiger partial charge >= 0.3 is 5.97 Å². The summed E-state index contributed by atoms with van der Waals surface area (Å²) in [7, 11) is 1.57. The molecule has 0 saturated carbocycles. The second-order valence-electron chi connectivity index (χ2n) is 9.78. The number of nitrogens with zero attached hydrogens (tertiary/aromatic N) is 3. The van der Waals surface area contributed by atoms with Crippen LogP contribution in [0.1, 0.15) is 49.3 Å². The number of allylic oxidation sites excluding steroid dienone is 1. The first kappa shape index (κ1) is 29.4. The Labute approximate surface area is 252 Å². The second-order valence-corrected chi connectivity index (χ2v) is 11.2. The summed E-state index contributed by atoms with van der Waals surface area (Å²) < 4.78 is 20.9. The fraction of sp³-hybridized carbons (Fsp3) is 0.281. The van der Waals surface area contributed by atoms with E-state index in [-0.39, 0.29) is 12.2 Å². The molecule has 4 aromatic rings. The lowest BCUT2D eigenvalue weighted by molar-refractivity contribution is -0.139. The average Bonchev–Trinajstić information content (AvgIpc) is 3.42. The predicted molar refractivity (Wildman–Crippen MR) is 165 cm³/mol. The van der Waals surface area contributed by atoms with Crippen molar-refractivity contribution >= 4 is 35.0 Å². The normalized spacial score (nSPS) is 14.9. The van der Waals surface area contributed by atoms with Gasteiger partial charge in [-0.15, -0.1) is 0 Å². The van der Waals surface area contributed by atoms with Gasteiger partial charge in [-0.05, 0) is 94.3 Å². The molecule has 0 radical (unpaired) electrons. The first-order chi connectivity index (χ1) is 20.2. The minimum Gasteiger partial charge on any atom is -0.493 e. The van der Waals surface area contributed by atoms with Crippen LogP contribution >= 0.6 is 22.9 Å². The summed E-state index contributed by atoms with van der Waals surface area (Å²) in [5, 5.41) is 0.666. The monoisotopic (exact) mass is 605 g/mol. The lowest BCUT2D eigenvalue weighted by Gasteiger charge is -2.25. The van der Waals surface area contributed by atoms with Crippen molar-refractivity contribution < 1.29 is 19.0 Å². The zero-order valence-corrected chi connectivity index (χ0v) is 25.9. The van der Waals surface area contributed by atoms with E-state index < -0.39 is 12.0 Å². The maximum absolute atomic E-state index is 14.1. The molecular weight excluding hydrogens is 574 g/mol. The van der Waals surface area contributed by atoms with Crippen LogP contribution in [0.3, 0.4) is 0 Å². The molecule has 1 atom stereocenters. The van der Waals surface area contributed by atoms with Gasteiger partial charge in [-0.25, -0.2) is 9.79 Å². The minimum atomic E-state index is -0.755. The molecule has 1 aliphatic heterocycles. The molecule has 218 valence electrons. The lowest BCUT2D eigenvalue weighted by Crippen LogP contribution is -2.40. The van der Waals surface area contributed by atoms with Crippen molar-refractivity contribution in [3.8, 4) is 17.2 Å². The molecule has 0 bridgehead atoms. The Balaban J connectivity index is 1.70. The molecule has 0 fully saturated rings.